The molecular weight excluding hydrogens is 360 g/mol. The normalized spacial score (nSPS) is 18.7. The summed E-state index contributed by atoms with van der Waals surface area (Å²) >= 11 is 0. The van der Waals surface area contributed by atoms with Gasteiger partial charge in [0.15, 0.2) is 9.84 Å². The Balaban J connectivity index is 1.80. The third-order valence-corrected chi connectivity index (χ3v) is 6.08. The number of anilines is 1. The highest BCUT2D eigenvalue weighted by atomic mass is 32.2. The lowest BCUT2D eigenvalue weighted by molar-refractivity contribution is -0.699. The minimum atomic E-state index is -2.94. The lowest BCUT2D eigenvalue weighted by Gasteiger charge is -2.10. The van der Waals surface area contributed by atoms with E-state index >= 15 is 0 Å². The van der Waals surface area contributed by atoms with Crippen LogP contribution in [0.3, 0.4) is 0 Å². The van der Waals surface area contributed by atoms with Crippen LogP contribution < -0.4 is 16.3 Å². The summed E-state index contributed by atoms with van der Waals surface area (Å²) in [5, 5.41) is 5.26. The molecule has 2 aromatic rings. The van der Waals surface area contributed by atoms with Gasteiger partial charge in [0, 0.05) is 35.2 Å². The number of quaternary nitrogens is 1. The van der Waals surface area contributed by atoms with E-state index in [4.69, 9.17) is 9.15 Å². The second kappa shape index (κ2) is 7.46. The van der Waals surface area contributed by atoms with Gasteiger partial charge in [0.2, 0.25) is 0 Å². The molecule has 9 heteroatoms. The van der Waals surface area contributed by atoms with Crippen LogP contribution in [0.2, 0.25) is 0 Å². The molecule has 0 radical (unpaired) electrons. The highest BCUT2D eigenvalue weighted by molar-refractivity contribution is 7.91. The lowest BCUT2D eigenvalue weighted by atomic mass is 10.1. The average molecular weight is 381 g/mol. The molecule has 0 unspecified atom stereocenters. The first-order valence-electron chi connectivity index (χ1n) is 8.40. The van der Waals surface area contributed by atoms with Gasteiger partial charge in [-0.1, -0.05) is 0 Å². The zero-order valence-electron chi connectivity index (χ0n) is 14.4. The van der Waals surface area contributed by atoms with Crippen molar-refractivity contribution in [1.29, 1.82) is 0 Å². The quantitative estimate of drug-likeness (QED) is 0.733. The number of nitrogens with two attached hydrogens (primary N) is 1. The molecule has 3 rings (SSSR count). The molecule has 1 amide bonds. The van der Waals surface area contributed by atoms with Crippen molar-refractivity contribution in [2.24, 2.45) is 0 Å². The molecule has 1 aromatic carbocycles. The van der Waals surface area contributed by atoms with Crippen molar-refractivity contribution in [2.75, 3.05) is 23.4 Å². The van der Waals surface area contributed by atoms with E-state index in [1.54, 1.807) is 25.1 Å². The second-order valence-electron chi connectivity index (χ2n) is 6.25. The van der Waals surface area contributed by atoms with Crippen molar-refractivity contribution in [3.8, 4) is 0 Å². The lowest BCUT2D eigenvalue weighted by Crippen LogP contribution is -2.89. The maximum absolute atomic E-state index is 11.9. The minimum absolute atomic E-state index is 0.00653. The first kappa shape index (κ1) is 18.4. The van der Waals surface area contributed by atoms with Gasteiger partial charge in [0.1, 0.15) is 23.9 Å². The van der Waals surface area contributed by atoms with Gasteiger partial charge < -0.3 is 14.5 Å². The zero-order chi connectivity index (χ0) is 18.7. The third kappa shape index (κ3) is 4.41. The van der Waals surface area contributed by atoms with Gasteiger partial charge in [-0.05, 0) is 19.1 Å². The van der Waals surface area contributed by atoms with E-state index in [2.05, 4.69) is 5.32 Å². The third-order valence-electron chi connectivity index (χ3n) is 4.29. The predicted molar refractivity (Wildman–Crippen MR) is 95.8 cm³/mol. The monoisotopic (exact) mass is 381 g/mol. The van der Waals surface area contributed by atoms with Crippen molar-refractivity contribution in [3.63, 3.8) is 0 Å². The summed E-state index contributed by atoms with van der Waals surface area (Å²) in [5.74, 6) is 0.384. The molecule has 1 fully saturated rings. The van der Waals surface area contributed by atoms with Gasteiger partial charge in [-0.15, -0.1) is 0 Å². The molecule has 0 bridgehead atoms. The summed E-state index contributed by atoms with van der Waals surface area (Å²) in [7, 11) is -2.94. The number of nitrogens with one attached hydrogen (secondary N) is 1. The number of carbonyl (C=O) groups excluding carboxylic acids is 1. The number of amides is 1. The van der Waals surface area contributed by atoms with Crippen LogP contribution >= 0.6 is 0 Å². The van der Waals surface area contributed by atoms with Crippen molar-refractivity contribution in [2.45, 2.75) is 25.9 Å². The Labute approximate surface area is 150 Å². The van der Waals surface area contributed by atoms with E-state index in [1.807, 2.05) is 5.32 Å². The zero-order valence-corrected chi connectivity index (χ0v) is 15.2. The van der Waals surface area contributed by atoms with Gasteiger partial charge >= 0.3 is 11.7 Å². The molecule has 26 heavy (non-hydrogen) atoms. The maximum atomic E-state index is 11.9. The van der Waals surface area contributed by atoms with Crippen LogP contribution in [0, 0.1) is 0 Å². The number of hydrogen-bond donors (Lipinski definition) is 2. The Morgan fingerprint density at radius 1 is 1.38 bits per heavy atom. The molecule has 1 atom stereocenters. The van der Waals surface area contributed by atoms with Gasteiger partial charge in [0.05, 0.1) is 12.4 Å². The summed E-state index contributed by atoms with van der Waals surface area (Å²) in [6, 6.07) is 6.45. The summed E-state index contributed by atoms with van der Waals surface area (Å²) in [5.41, 5.74) is 1.09. The fourth-order valence-electron chi connectivity index (χ4n) is 3.06. The van der Waals surface area contributed by atoms with Crippen molar-refractivity contribution in [1.82, 2.24) is 0 Å². The Morgan fingerprint density at radius 2 is 2.19 bits per heavy atom. The van der Waals surface area contributed by atoms with Gasteiger partial charge in [-0.2, -0.15) is 0 Å². The summed E-state index contributed by atoms with van der Waals surface area (Å²) < 4.78 is 33.2. The minimum Gasteiger partial charge on any atom is -0.450 e. The molecule has 140 valence electrons. The van der Waals surface area contributed by atoms with Crippen LogP contribution in [0.25, 0.3) is 11.0 Å². The molecule has 0 saturated carbocycles. The van der Waals surface area contributed by atoms with E-state index < -0.39 is 21.6 Å². The molecule has 1 saturated heterocycles. The Bertz CT molecular complexity index is 982. The second-order valence-corrected chi connectivity index (χ2v) is 8.48. The SMILES string of the molecule is CCOC(=O)Nc1ccc2c(C[NH2+][C@@H]3CCS(=O)(=O)C3)cc(=O)oc2c1. The van der Waals surface area contributed by atoms with Crippen molar-refractivity contribution >= 4 is 32.6 Å². The fourth-order valence-corrected chi connectivity index (χ4v) is 4.85. The van der Waals surface area contributed by atoms with E-state index in [1.165, 1.54) is 6.07 Å². The van der Waals surface area contributed by atoms with E-state index in [0.717, 1.165) is 10.9 Å². The van der Waals surface area contributed by atoms with E-state index in [-0.39, 0.29) is 24.2 Å². The number of sulfone groups is 1. The van der Waals surface area contributed by atoms with Crippen molar-refractivity contribution < 1.29 is 27.7 Å². The first-order valence-corrected chi connectivity index (χ1v) is 10.2. The fraction of sp³-hybridized carbons (Fsp3) is 0.412. The highest BCUT2D eigenvalue weighted by Gasteiger charge is 2.30. The van der Waals surface area contributed by atoms with Crippen LogP contribution in [0.5, 0.6) is 0 Å². The highest BCUT2D eigenvalue weighted by Crippen LogP contribution is 2.21. The summed E-state index contributed by atoms with van der Waals surface area (Å²) in [6.07, 6.45) is 0.0381. The molecule has 1 aliphatic heterocycles. The van der Waals surface area contributed by atoms with Crippen LogP contribution in [0.1, 0.15) is 18.9 Å². The van der Waals surface area contributed by atoms with E-state index in [9.17, 15) is 18.0 Å². The maximum Gasteiger partial charge on any atom is 0.411 e. The Morgan fingerprint density at radius 3 is 2.88 bits per heavy atom. The number of hydrogen-bond acceptors (Lipinski definition) is 6. The standard InChI is InChI=1S/C17H20N2O6S/c1-2-24-17(21)19-12-3-4-14-11(7-16(20)25-15(14)8-12)9-18-13-5-6-26(22,23)10-13/h3-4,7-8,13,18H,2,5-6,9-10H2,1H3,(H,19,21)/p+1/t13-/m1/s1. The molecule has 2 heterocycles. The number of carbonyl (C=O) groups is 1. The predicted octanol–water partition coefficient (Wildman–Crippen LogP) is 0.612. The number of ether oxygens (including phenoxy) is 1. The van der Waals surface area contributed by atoms with Crippen LogP contribution in [0.15, 0.2) is 33.5 Å². The molecule has 1 aliphatic rings. The number of fused-ring (bicyclic) bond motifs is 1. The largest absolute Gasteiger partial charge is 0.450 e. The molecule has 3 N–H and O–H groups in total. The topological polar surface area (TPSA) is 119 Å². The Hall–Kier alpha value is -2.39. The van der Waals surface area contributed by atoms with Gasteiger partial charge in [-0.3, -0.25) is 5.32 Å². The summed E-state index contributed by atoms with van der Waals surface area (Å²) in [4.78, 5) is 23.4. The molecule has 0 aliphatic carbocycles. The summed E-state index contributed by atoms with van der Waals surface area (Å²) in [6.45, 7) is 2.44. The molecule has 0 spiro atoms. The average Bonchev–Trinajstić information content (AvgIpc) is 2.91. The molecular formula is C17H21N2O6S+. The molecule has 1 aromatic heterocycles. The van der Waals surface area contributed by atoms with Crippen molar-refractivity contribution in [3.05, 3.63) is 40.2 Å². The van der Waals surface area contributed by atoms with Gasteiger partial charge in [-0.25, -0.2) is 18.0 Å². The number of benzene rings is 1. The molecule has 8 nitrogen and oxygen atoms in total. The van der Waals surface area contributed by atoms with E-state index in [0.29, 0.717) is 24.2 Å². The first-order chi connectivity index (χ1) is 12.4. The number of rotatable bonds is 5. The smallest absolute Gasteiger partial charge is 0.411 e. The van der Waals surface area contributed by atoms with Gasteiger partial charge in [0.25, 0.3) is 0 Å². The van der Waals surface area contributed by atoms with Crippen LogP contribution in [0.4, 0.5) is 10.5 Å². The Kier molecular flexibility index (Phi) is 5.28. The van der Waals surface area contributed by atoms with Crippen LogP contribution in [-0.4, -0.2) is 38.7 Å². The van der Waals surface area contributed by atoms with Crippen LogP contribution in [-0.2, 0) is 21.1 Å².